The number of urea groups is 1. The first kappa shape index (κ1) is 31.8. The van der Waals surface area contributed by atoms with Crippen molar-refractivity contribution in [2.45, 2.75) is 88.0 Å². The molecule has 8 rings (SSSR count). The number of fused-ring (bicyclic) bond motifs is 4. The second-order valence-corrected chi connectivity index (χ2v) is 15.3. The summed E-state index contributed by atoms with van der Waals surface area (Å²) >= 11 is 1.66. The maximum atomic E-state index is 14.6. The molecule has 13 nitrogen and oxygen atoms in total. The maximum Gasteiger partial charge on any atom is 0.320 e. The van der Waals surface area contributed by atoms with Crippen molar-refractivity contribution < 1.29 is 23.9 Å². The minimum absolute atomic E-state index is 0.00598. The average molecular weight is 657 g/mol. The lowest BCUT2D eigenvalue weighted by Gasteiger charge is -2.37. The van der Waals surface area contributed by atoms with E-state index in [-0.39, 0.29) is 54.7 Å². The first-order valence-corrected chi connectivity index (χ1v) is 18.0. The molecule has 0 spiro atoms. The summed E-state index contributed by atoms with van der Waals surface area (Å²) in [5, 5.41) is 7.97. The van der Waals surface area contributed by atoms with Crippen molar-refractivity contribution in [2.24, 2.45) is 0 Å². The summed E-state index contributed by atoms with van der Waals surface area (Å²) in [6, 6.07) is -1.56. The Morgan fingerprint density at radius 2 is 1.65 bits per heavy atom. The van der Waals surface area contributed by atoms with Gasteiger partial charge < -0.3 is 39.9 Å². The summed E-state index contributed by atoms with van der Waals surface area (Å²) in [5.41, 5.74) is 0.788. The topological polar surface area (TPSA) is 131 Å². The number of hydrogen-bond donors (Lipinski definition) is 2. The highest BCUT2D eigenvalue weighted by molar-refractivity contribution is 7.11. The minimum Gasteiger partial charge on any atom is -0.378 e. The summed E-state index contributed by atoms with van der Waals surface area (Å²) in [7, 11) is 2.14. The van der Waals surface area contributed by atoms with Crippen LogP contribution in [0.3, 0.4) is 0 Å². The Hall–Kier alpha value is -2.81. The standard InChI is InChI=1S/C32H48N8O5S/c1-20-25-17-28(41)34-24-16-27(40(19-24)32(44)38-11-13-45-14-12-38)31(43)39-18-23(33-22-5-7-36(2)8-6-22)15-26(39)30(42)37-9-3-21(4-10-37)29(35-25)46-20/h21-24,26-27,33H,3-19H2,1-2H3,(H,34,41)/t23-,24-,26-,27-/m0/s1. The van der Waals surface area contributed by atoms with Gasteiger partial charge in [-0.05, 0) is 65.6 Å². The van der Waals surface area contributed by atoms with Crippen LogP contribution in [-0.2, 0) is 25.5 Å². The SMILES string of the molecule is Cc1sc2nc1CC(=O)N[C@H]1C[C@@H](C(=O)N3C[C@@H](NC4CCN(C)CC4)C[C@H]3C(=O)N3CCC2CC3)N(C(=O)N2CCOCC2)C1. The molecule has 0 aliphatic carbocycles. The van der Waals surface area contributed by atoms with Gasteiger partial charge in [-0.15, -0.1) is 11.3 Å². The van der Waals surface area contributed by atoms with E-state index in [4.69, 9.17) is 9.72 Å². The molecule has 5 amide bonds. The zero-order valence-electron chi connectivity index (χ0n) is 27.1. The van der Waals surface area contributed by atoms with Crippen molar-refractivity contribution in [1.82, 2.24) is 40.1 Å². The second kappa shape index (κ2) is 13.4. The Labute approximate surface area is 274 Å². The zero-order chi connectivity index (χ0) is 31.9. The molecule has 7 aliphatic heterocycles. The highest BCUT2D eigenvalue weighted by atomic mass is 32.1. The van der Waals surface area contributed by atoms with Gasteiger partial charge in [-0.3, -0.25) is 14.4 Å². The van der Waals surface area contributed by atoms with E-state index in [0.717, 1.165) is 54.4 Å². The highest BCUT2D eigenvalue weighted by Crippen LogP contribution is 2.35. The first-order chi connectivity index (χ1) is 22.2. The van der Waals surface area contributed by atoms with Crippen molar-refractivity contribution in [2.75, 3.05) is 72.6 Å². The van der Waals surface area contributed by atoms with Crippen molar-refractivity contribution in [3.8, 4) is 0 Å². The lowest BCUT2D eigenvalue weighted by atomic mass is 9.96. The number of aryl methyl sites for hydroxylation is 1. The van der Waals surface area contributed by atoms with Gasteiger partial charge >= 0.3 is 6.03 Å². The third kappa shape index (κ3) is 6.50. The molecule has 1 aromatic heterocycles. The predicted molar refractivity (Wildman–Crippen MR) is 172 cm³/mol. The number of amides is 5. The fourth-order valence-corrected chi connectivity index (χ4v) is 9.34. The zero-order valence-corrected chi connectivity index (χ0v) is 27.9. The Kier molecular flexibility index (Phi) is 9.23. The van der Waals surface area contributed by atoms with Crippen LogP contribution in [0, 0.1) is 6.92 Å². The number of hydrogen-bond acceptors (Lipinski definition) is 9. The van der Waals surface area contributed by atoms with Gasteiger partial charge in [-0.25, -0.2) is 9.78 Å². The van der Waals surface area contributed by atoms with E-state index in [1.54, 1.807) is 26.0 Å². The molecular formula is C32H48N8O5S. The van der Waals surface area contributed by atoms with Gasteiger partial charge in [0.2, 0.25) is 17.7 Å². The predicted octanol–water partition coefficient (Wildman–Crippen LogP) is 0.378. The van der Waals surface area contributed by atoms with Gasteiger partial charge in [0, 0.05) is 68.2 Å². The van der Waals surface area contributed by atoms with Crippen LogP contribution in [0.25, 0.3) is 0 Å². The molecular weight excluding hydrogens is 608 g/mol. The molecule has 2 N–H and O–H groups in total. The molecule has 8 heterocycles. The van der Waals surface area contributed by atoms with Gasteiger partial charge in [0.25, 0.3) is 0 Å². The van der Waals surface area contributed by atoms with Gasteiger partial charge in [0.15, 0.2) is 0 Å². The number of carbonyl (C=O) groups is 4. The molecule has 0 radical (unpaired) electrons. The van der Waals surface area contributed by atoms with Crippen LogP contribution in [0.4, 0.5) is 4.79 Å². The monoisotopic (exact) mass is 656 g/mol. The van der Waals surface area contributed by atoms with Crippen molar-refractivity contribution in [3.63, 3.8) is 0 Å². The molecule has 7 aliphatic rings. The van der Waals surface area contributed by atoms with E-state index in [9.17, 15) is 19.2 Å². The van der Waals surface area contributed by atoms with Gasteiger partial charge in [0.05, 0.1) is 30.3 Å². The summed E-state index contributed by atoms with van der Waals surface area (Å²) < 4.78 is 5.48. The number of thiazole rings is 1. The van der Waals surface area contributed by atoms with Crippen molar-refractivity contribution >= 4 is 35.1 Å². The summed E-state index contributed by atoms with van der Waals surface area (Å²) in [4.78, 5) is 71.5. The van der Waals surface area contributed by atoms with Crippen LogP contribution in [0.5, 0.6) is 0 Å². The van der Waals surface area contributed by atoms with Crippen molar-refractivity contribution in [3.05, 3.63) is 15.6 Å². The number of rotatable bonds is 2. The Bertz CT molecular complexity index is 1320. The quantitative estimate of drug-likeness (QED) is 0.468. The number of morpholine rings is 1. The fourth-order valence-electron chi connectivity index (χ4n) is 8.23. The van der Waals surface area contributed by atoms with Crippen LogP contribution in [-0.4, -0.2) is 156 Å². The number of ether oxygens (including phenoxy) is 1. The highest BCUT2D eigenvalue weighted by Gasteiger charge is 2.49. The third-order valence-electron chi connectivity index (χ3n) is 10.9. The molecule has 46 heavy (non-hydrogen) atoms. The first-order valence-electron chi connectivity index (χ1n) is 17.2. The number of piperidine rings is 2. The van der Waals surface area contributed by atoms with Gasteiger partial charge in [0.1, 0.15) is 12.1 Å². The normalized spacial score (nSPS) is 31.8. The van der Waals surface area contributed by atoms with Crippen LogP contribution in [0.15, 0.2) is 0 Å². The number of likely N-dealkylation sites (tertiary alicyclic amines) is 2. The maximum absolute atomic E-state index is 14.6. The number of aromatic nitrogens is 1. The van der Waals surface area contributed by atoms with E-state index in [1.807, 2.05) is 11.8 Å². The lowest BCUT2D eigenvalue weighted by Crippen LogP contribution is -2.56. The summed E-state index contributed by atoms with van der Waals surface area (Å²) in [6.07, 6.45) is 4.76. The second-order valence-electron chi connectivity index (χ2n) is 14.1. The van der Waals surface area contributed by atoms with Crippen LogP contribution in [0.1, 0.15) is 60.0 Å². The molecule has 5 fully saturated rings. The smallest absolute Gasteiger partial charge is 0.320 e. The molecule has 0 saturated carbocycles. The Balaban J connectivity index is 1.18. The number of nitrogens with one attached hydrogen (secondary N) is 2. The molecule has 252 valence electrons. The summed E-state index contributed by atoms with van der Waals surface area (Å²) in [5.74, 6) is -0.0689. The van der Waals surface area contributed by atoms with E-state index in [1.165, 1.54) is 0 Å². The Morgan fingerprint density at radius 3 is 2.39 bits per heavy atom. The third-order valence-corrected chi connectivity index (χ3v) is 12.1. The van der Waals surface area contributed by atoms with E-state index in [0.29, 0.717) is 64.8 Å². The molecule has 6 bridgehead atoms. The summed E-state index contributed by atoms with van der Waals surface area (Å²) in [6.45, 7) is 7.82. The minimum atomic E-state index is -0.757. The molecule has 14 heteroatoms. The molecule has 0 unspecified atom stereocenters. The molecule has 1 aromatic rings. The van der Waals surface area contributed by atoms with Crippen LogP contribution in [0.2, 0.25) is 0 Å². The molecule has 5 saturated heterocycles. The number of carbonyl (C=O) groups excluding carboxylic acids is 4. The van der Waals surface area contributed by atoms with E-state index >= 15 is 0 Å². The largest absolute Gasteiger partial charge is 0.378 e. The van der Waals surface area contributed by atoms with E-state index in [2.05, 4.69) is 22.6 Å². The van der Waals surface area contributed by atoms with Crippen molar-refractivity contribution in [1.29, 1.82) is 0 Å². The van der Waals surface area contributed by atoms with E-state index < -0.39 is 12.1 Å². The van der Waals surface area contributed by atoms with Crippen LogP contribution < -0.4 is 10.6 Å². The Morgan fingerprint density at radius 1 is 0.913 bits per heavy atom. The number of nitrogens with zero attached hydrogens (tertiary/aromatic N) is 6. The van der Waals surface area contributed by atoms with Gasteiger partial charge in [-0.2, -0.15) is 0 Å². The average Bonchev–Trinajstić information content (AvgIpc) is 3.78. The molecule has 0 aromatic carbocycles. The fraction of sp³-hybridized carbons (Fsp3) is 0.781. The van der Waals surface area contributed by atoms with Crippen LogP contribution >= 0.6 is 11.3 Å². The van der Waals surface area contributed by atoms with Gasteiger partial charge in [-0.1, -0.05) is 0 Å². The lowest BCUT2D eigenvalue weighted by molar-refractivity contribution is -0.146. The molecule has 4 atom stereocenters.